The molecule has 1 N–H and O–H groups in total. The maximum atomic E-state index is 13.4. The van der Waals surface area contributed by atoms with E-state index in [-0.39, 0.29) is 10.6 Å². The van der Waals surface area contributed by atoms with Gasteiger partial charge in [0.05, 0.1) is 10.6 Å². The molecule has 0 saturated carbocycles. The predicted octanol–water partition coefficient (Wildman–Crippen LogP) is 4.15. The molecule has 0 unspecified atom stereocenters. The van der Waals surface area contributed by atoms with Gasteiger partial charge >= 0.3 is 0 Å². The number of benzene rings is 3. The zero-order valence-electron chi connectivity index (χ0n) is 17.6. The Bertz CT molecular complexity index is 1170. The summed E-state index contributed by atoms with van der Waals surface area (Å²) in [4.78, 5) is 12.6. The quantitative estimate of drug-likeness (QED) is 0.391. The highest BCUT2D eigenvalue weighted by molar-refractivity contribution is 7.92. The van der Waals surface area contributed by atoms with E-state index in [2.05, 4.69) is 10.5 Å². The maximum Gasteiger partial charge on any atom is 0.264 e. The largest absolute Gasteiger partial charge is 0.271 e. The van der Waals surface area contributed by atoms with Crippen molar-refractivity contribution >= 4 is 27.3 Å². The van der Waals surface area contributed by atoms with Crippen molar-refractivity contribution in [1.29, 1.82) is 0 Å². The molecule has 0 atom stereocenters. The van der Waals surface area contributed by atoms with E-state index in [4.69, 9.17) is 0 Å². The molecule has 0 saturated heterocycles. The van der Waals surface area contributed by atoms with Crippen LogP contribution in [-0.4, -0.2) is 26.6 Å². The lowest BCUT2D eigenvalue weighted by Crippen LogP contribution is -2.39. The normalized spacial score (nSPS) is 11.8. The summed E-state index contributed by atoms with van der Waals surface area (Å²) in [6.45, 7) is 1.29. The molecule has 0 aliphatic carbocycles. The third-order valence-electron chi connectivity index (χ3n) is 4.72. The molecule has 32 heavy (non-hydrogen) atoms. The van der Waals surface area contributed by atoms with E-state index < -0.39 is 28.3 Å². The molecular formula is C24H24FN3O3S. The van der Waals surface area contributed by atoms with Gasteiger partial charge in [-0.3, -0.25) is 9.10 Å². The average Bonchev–Trinajstić information content (AvgIpc) is 2.81. The van der Waals surface area contributed by atoms with Gasteiger partial charge in [-0.15, -0.1) is 0 Å². The molecule has 0 aliphatic rings. The number of carbonyl (C=O) groups excluding carboxylic acids is 1. The molecule has 0 fully saturated rings. The van der Waals surface area contributed by atoms with Crippen LogP contribution in [0.4, 0.5) is 10.1 Å². The van der Waals surface area contributed by atoms with Gasteiger partial charge in [-0.2, -0.15) is 5.10 Å². The highest BCUT2D eigenvalue weighted by atomic mass is 32.2. The molecule has 0 heterocycles. The number of hydrazone groups is 1. The van der Waals surface area contributed by atoms with Gasteiger partial charge in [0.25, 0.3) is 15.9 Å². The van der Waals surface area contributed by atoms with Crippen LogP contribution in [0, 0.1) is 5.82 Å². The Morgan fingerprint density at radius 2 is 1.53 bits per heavy atom. The molecular weight excluding hydrogens is 429 g/mol. The van der Waals surface area contributed by atoms with Crippen LogP contribution in [0.3, 0.4) is 0 Å². The molecule has 0 spiro atoms. The summed E-state index contributed by atoms with van der Waals surface area (Å²) in [5.74, 6) is -1.11. The third kappa shape index (κ3) is 6.24. The van der Waals surface area contributed by atoms with Crippen molar-refractivity contribution in [3.05, 3.63) is 96.3 Å². The number of rotatable bonds is 9. The molecule has 0 aliphatic heterocycles. The first-order valence-corrected chi connectivity index (χ1v) is 11.5. The number of carbonyl (C=O) groups is 1. The number of hydrogen-bond donors (Lipinski definition) is 1. The van der Waals surface area contributed by atoms with Crippen LogP contribution >= 0.6 is 0 Å². The highest BCUT2D eigenvalue weighted by Gasteiger charge is 2.27. The van der Waals surface area contributed by atoms with Crippen molar-refractivity contribution in [2.24, 2.45) is 5.10 Å². The van der Waals surface area contributed by atoms with Gasteiger partial charge in [0.2, 0.25) is 0 Å². The molecule has 6 nitrogen and oxygen atoms in total. The SMILES string of the molecule is C/C(CCc1ccccc1)=N/NC(=O)CN(c1ccc(F)cc1)S(=O)(=O)c1ccccc1. The fourth-order valence-electron chi connectivity index (χ4n) is 2.99. The summed E-state index contributed by atoms with van der Waals surface area (Å²) < 4.78 is 40.6. The summed E-state index contributed by atoms with van der Waals surface area (Å²) in [7, 11) is -4.05. The number of aryl methyl sites for hydroxylation is 1. The molecule has 0 radical (unpaired) electrons. The smallest absolute Gasteiger partial charge is 0.264 e. The Hall–Kier alpha value is -3.52. The summed E-state index contributed by atoms with van der Waals surface area (Å²) in [5, 5.41) is 4.09. The Labute approximate surface area is 187 Å². The van der Waals surface area contributed by atoms with Crippen molar-refractivity contribution < 1.29 is 17.6 Å². The first kappa shape index (κ1) is 23.1. The second-order valence-corrected chi connectivity index (χ2v) is 9.03. The average molecular weight is 454 g/mol. The van der Waals surface area contributed by atoms with Gasteiger partial charge in [0.1, 0.15) is 12.4 Å². The summed E-state index contributed by atoms with van der Waals surface area (Å²) in [5.41, 5.74) is 4.47. The van der Waals surface area contributed by atoms with Crippen LogP contribution in [0.1, 0.15) is 18.9 Å². The molecule has 3 aromatic carbocycles. The van der Waals surface area contributed by atoms with E-state index in [0.717, 1.165) is 28.4 Å². The number of halogens is 1. The first-order chi connectivity index (χ1) is 15.4. The lowest BCUT2D eigenvalue weighted by molar-refractivity contribution is -0.119. The summed E-state index contributed by atoms with van der Waals surface area (Å²) in [6, 6.07) is 22.6. The lowest BCUT2D eigenvalue weighted by Gasteiger charge is -2.23. The number of hydrogen-bond acceptors (Lipinski definition) is 4. The zero-order chi connectivity index (χ0) is 23.0. The Balaban J connectivity index is 1.73. The monoisotopic (exact) mass is 453 g/mol. The third-order valence-corrected chi connectivity index (χ3v) is 6.51. The molecule has 8 heteroatoms. The summed E-state index contributed by atoms with van der Waals surface area (Å²) >= 11 is 0. The molecule has 3 rings (SSSR count). The van der Waals surface area contributed by atoms with Crippen LogP contribution in [0.15, 0.2) is 94.9 Å². The Kier molecular flexibility index (Phi) is 7.72. The van der Waals surface area contributed by atoms with E-state index in [1.165, 1.54) is 24.3 Å². The lowest BCUT2D eigenvalue weighted by atomic mass is 10.1. The topological polar surface area (TPSA) is 78.8 Å². The number of amides is 1. The van der Waals surface area contributed by atoms with E-state index in [0.29, 0.717) is 12.1 Å². The van der Waals surface area contributed by atoms with E-state index in [1.54, 1.807) is 25.1 Å². The van der Waals surface area contributed by atoms with Crippen LogP contribution in [0.25, 0.3) is 0 Å². The fraction of sp³-hybridized carbons (Fsp3) is 0.167. The summed E-state index contributed by atoms with van der Waals surface area (Å²) in [6.07, 6.45) is 1.42. The van der Waals surface area contributed by atoms with Crippen molar-refractivity contribution in [3.63, 3.8) is 0 Å². The van der Waals surface area contributed by atoms with Crippen molar-refractivity contribution in [1.82, 2.24) is 5.43 Å². The Morgan fingerprint density at radius 3 is 2.16 bits per heavy atom. The number of anilines is 1. The van der Waals surface area contributed by atoms with Gasteiger partial charge in [-0.05, 0) is 61.7 Å². The van der Waals surface area contributed by atoms with Gasteiger partial charge in [0.15, 0.2) is 0 Å². The Morgan fingerprint density at radius 1 is 0.938 bits per heavy atom. The number of sulfonamides is 1. The van der Waals surface area contributed by atoms with Gasteiger partial charge < -0.3 is 0 Å². The minimum Gasteiger partial charge on any atom is -0.271 e. The molecule has 0 aromatic heterocycles. The van der Waals surface area contributed by atoms with E-state index >= 15 is 0 Å². The minimum atomic E-state index is -4.05. The van der Waals surface area contributed by atoms with Crippen LogP contribution < -0.4 is 9.73 Å². The van der Waals surface area contributed by atoms with Crippen molar-refractivity contribution in [2.75, 3.05) is 10.8 Å². The van der Waals surface area contributed by atoms with Crippen molar-refractivity contribution in [3.8, 4) is 0 Å². The van der Waals surface area contributed by atoms with Crippen LogP contribution in [0.2, 0.25) is 0 Å². The van der Waals surface area contributed by atoms with Crippen LogP contribution in [-0.2, 0) is 21.2 Å². The molecule has 3 aromatic rings. The standard InChI is InChI=1S/C24H24FN3O3S/c1-19(12-13-20-8-4-2-5-9-20)26-27-24(29)18-28(22-16-14-21(25)15-17-22)32(30,31)23-10-6-3-7-11-23/h2-11,14-17H,12-13,18H2,1H3,(H,27,29)/b26-19-. The first-order valence-electron chi connectivity index (χ1n) is 10.1. The zero-order valence-corrected chi connectivity index (χ0v) is 18.4. The van der Waals surface area contributed by atoms with E-state index in [1.807, 2.05) is 30.3 Å². The second kappa shape index (κ2) is 10.7. The minimum absolute atomic E-state index is 0.0275. The van der Waals surface area contributed by atoms with Gasteiger partial charge in [-0.25, -0.2) is 18.2 Å². The molecule has 0 bridgehead atoms. The van der Waals surface area contributed by atoms with E-state index in [9.17, 15) is 17.6 Å². The maximum absolute atomic E-state index is 13.4. The predicted molar refractivity (Wildman–Crippen MR) is 123 cm³/mol. The fourth-order valence-corrected chi connectivity index (χ4v) is 4.43. The molecule has 166 valence electrons. The second-order valence-electron chi connectivity index (χ2n) is 7.17. The molecule has 1 amide bonds. The number of nitrogens with zero attached hydrogens (tertiary/aromatic N) is 2. The van der Waals surface area contributed by atoms with Crippen molar-refractivity contribution in [2.45, 2.75) is 24.7 Å². The number of nitrogens with one attached hydrogen (secondary N) is 1. The van der Waals surface area contributed by atoms with Gasteiger partial charge in [0, 0.05) is 5.71 Å². The van der Waals surface area contributed by atoms with Crippen LogP contribution in [0.5, 0.6) is 0 Å². The highest BCUT2D eigenvalue weighted by Crippen LogP contribution is 2.23. The van der Waals surface area contributed by atoms with Gasteiger partial charge in [-0.1, -0.05) is 48.5 Å².